The molecule has 32 heteroatoms. The van der Waals surface area contributed by atoms with E-state index in [4.69, 9.17) is 17.2 Å². The number of nitrogens with one attached hydrogen (secondary N) is 11. The Hall–Kier alpha value is -10.3. The smallest absolute Gasteiger partial charge is 0.326 e. The zero-order chi connectivity index (χ0) is 76.5. The minimum atomic E-state index is -1.87. The van der Waals surface area contributed by atoms with Gasteiger partial charge >= 0.3 is 11.9 Å². The predicted octanol–water partition coefficient (Wildman–Crippen LogP) is -0.576. The largest absolute Gasteiger partial charge is 0.508 e. The molecule has 21 N–H and O–H groups in total. The van der Waals surface area contributed by atoms with Crippen LogP contribution in [0.3, 0.4) is 0 Å². The van der Waals surface area contributed by atoms with Gasteiger partial charge in [-0.3, -0.25) is 57.5 Å². The summed E-state index contributed by atoms with van der Waals surface area (Å²) in [5.74, 6) is -13.9. The first-order valence-electron chi connectivity index (χ1n) is 34.5. The number of carboxylic acids is 2. The SMILES string of the molecule is CC(C)C[C@H](NC(=O)[C@H](Cc1cnc[nH]1)NC(=O)[C@H](CCC(N)=O)NC(=O)[C@H](Cc1ccccc1)NC(=O)[C@H](CCC(=O)O)NC(=O)[C@@H](NC(=O)[C@H](CC(C)C)NC(=O)[C@H](CC(C)C)NC(=O)[C@@H](N)Cc1ccc(O)cc1)[C@@H](C)O)C(=O)N[C@@H](Cc1ccccc1)C(=O)N[C@@H](CCCCN)C(=O)O. The Morgan fingerprint density at radius 1 is 0.437 bits per heavy atom. The number of hydrogen-bond donors (Lipinski definition) is 18. The number of imidazole rings is 1. The fourth-order valence-corrected chi connectivity index (χ4v) is 11.0. The minimum absolute atomic E-state index is 0.0101. The zero-order valence-electron chi connectivity index (χ0n) is 59.3. The van der Waals surface area contributed by atoms with Gasteiger partial charge in [0.05, 0.1) is 18.5 Å². The first-order valence-corrected chi connectivity index (χ1v) is 34.5. The Labute approximate surface area is 598 Å². The van der Waals surface area contributed by atoms with Crippen molar-refractivity contribution >= 4 is 76.9 Å². The Morgan fingerprint density at radius 2 is 0.816 bits per heavy atom. The molecule has 32 nitrogen and oxygen atoms in total. The fourth-order valence-electron chi connectivity index (χ4n) is 11.0. The molecule has 4 rings (SSSR count). The average Bonchev–Trinajstić information content (AvgIpc) is 1.02. The number of nitrogens with zero attached hydrogens (tertiary/aromatic N) is 1. The van der Waals surface area contributed by atoms with Crippen LogP contribution in [0, 0.1) is 17.8 Å². The molecule has 103 heavy (non-hydrogen) atoms. The minimum Gasteiger partial charge on any atom is -0.508 e. The van der Waals surface area contributed by atoms with E-state index >= 15 is 0 Å². The monoisotopic (exact) mass is 1440 g/mol. The number of H-pyrrole nitrogens is 1. The molecule has 564 valence electrons. The molecule has 3 aromatic carbocycles. The lowest BCUT2D eigenvalue weighted by Gasteiger charge is -2.29. The van der Waals surface area contributed by atoms with Crippen LogP contribution in [0.1, 0.15) is 135 Å². The second-order valence-corrected chi connectivity index (χ2v) is 26.9. The molecular formula is C71H103N15O17. The molecule has 11 amide bonds. The third-order valence-electron chi connectivity index (χ3n) is 16.4. The number of aliphatic hydroxyl groups excluding tert-OH is 1. The van der Waals surface area contributed by atoms with E-state index in [1.165, 1.54) is 24.7 Å². The van der Waals surface area contributed by atoms with Crippen LogP contribution in [0.25, 0.3) is 0 Å². The molecule has 0 fully saturated rings. The number of rotatable bonds is 46. The van der Waals surface area contributed by atoms with Crippen molar-refractivity contribution in [2.75, 3.05) is 6.54 Å². The maximum absolute atomic E-state index is 14.8. The van der Waals surface area contributed by atoms with Crippen LogP contribution in [0.2, 0.25) is 0 Å². The molecule has 0 saturated carbocycles. The van der Waals surface area contributed by atoms with E-state index in [0.717, 1.165) is 6.92 Å². The van der Waals surface area contributed by atoms with Crippen molar-refractivity contribution in [3.63, 3.8) is 0 Å². The predicted molar refractivity (Wildman–Crippen MR) is 378 cm³/mol. The average molecular weight is 1440 g/mol. The number of benzene rings is 3. The van der Waals surface area contributed by atoms with Crippen LogP contribution in [-0.4, -0.2) is 186 Å². The van der Waals surface area contributed by atoms with Gasteiger partial charge in [-0.25, -0.2) is 9.78 Å². The number of unbranched alkanes of at least 4 members (excludes halogenated alkanes) is 1. The van der Waals surface area contributed by atoms with Crippen LogP contribution in [-0.2, 0) is 88.0 Å². The summed E-state index contributed by atoms with van der Waals surface area (Å²) < 4.78 is 0. The topological polar surface area (TPSA) is 530 Å². The van der Waals surface area contributed by atoms with Gasteiger partial charge in [0.2, 0.25) is 65.0 Å². The van der Waals surface area contributed by atoms with Gasteiger partial charge in [0.15, 0.2) is 0 Å². The summed E-state index contributed by atoms with van der Waals surface area (Å²) in [6, 6.07) is 6.30. The zero-order valence-corrected chi connectivity index (χ0v) is 59.3. The number of hydrogen-bond acceptors (Lipinski definition) is 18. The van der Waals surface area contributed by atoms with Crippen molar-refractivity contribution in [1.82, 2.24) is 63.1 Å². The molecular weight excluding hydrogens is 1330 g/mol. The number of carbonyl (C=O) groups is 13. The molecule has 0 spiro atoms. The van der Waals surface area contributed by atoms with E-state index in [-0.39, 0.29) is 74.9 Å². The second kappa shape index (κ2) is 43.5. The van der Waals surface area contributed by atoms with Crippen molar-refractivity contribution < 1.29 is 82.8 Å². The van der Waals surface area contributed by atoms with E-state index < -0.39 is 175 Å². The third kappa shape index (κ3) is 31.2. The first kappa shape index (κ1) is 85.1. The number of primary amides is 1. The normalized spacial score (nSPS) is 14.8. The quantitative estimate of drug-likeness (QED) is 0.0246. The number of aliphatic hydroxyl groups is 1. The highest BCUT2D eigenvalue weighted by atomic mass is 16.4. The molecule has 0 radical (unpaired) electrons. The number of carboxylic acid groups (broad SMARTS) is 2. The highest BCUT2D eigenvalue weighted by molar-refractivity contribution is 5.99. The highest BCUT2D eigenvalue weighted by Gasteiger charge is 2.38. The number of amides is 11. The van der Waals surface area contributed by atoms with Crippen molar-refractivity contribution in [2.45, 2.75) is 211 Å². The lowest BCUT2D eigenvalue weighted by molar-refractivity contribution is -0.142. The molecule has 0 aliphatic rings. The second-order valence-electron chi connectivity index (χ2n) is 26.9. The van der Waals surface area contributed by atoms with Gasteiger partial charge < -0.3 is 95.8 Å². The number of carbonyl (C=O) groups excluding carboxylic acids is 11. The molecule has 4 aromatic rings. The number of aromatic nitrogens is 2. The lowest BCUT2D eigenvalue weighted by Crippen LogP contribution is -2.62. The number of nitrogens with two attached hydrogens (primary N) is 3. The van der Waals surface area contributed by atoms with Crippen LogP contribution in [0.15, 0.2) is 97.5 Å². The summed E-state index contributed by atoms with van der Waals surface area (Å²) in [6.45, 7) is 12.1. The van der Waals surface area contributed by atoms with Crippen LogP contribution in [0.5, 0.6) is 5.75 Å². The third-order valence-corrected chi connectivity index (χ3v) is 16.4. The Kier molecular flexibility index (Phi) is 35.9. The summed E-state index contributed by atoms with van der Waals surface area (Å²) in [5.41, 5.74) is 19.4. The van der Waals surface area contributed by atoms with Crippen molar-refractivity contribution in [3.8, 4) is 5.75 Å². The molecule has 0 aliphatic heterocycles. The number of aromatic hydroxyl groups is 1. The standard InChI is InChI=1S/C71H103N15O17/c1-39(2)30-52(80-61(92)48(73)33-45-21-23-47(88)24-22-45)64(95)82-54(32-41(5)6)69(100)86-60(42(7)87)70(101)78-50(26-28-59(90)91)63(94)83-55(34-43-16-10-8-11-17-43)66(97)77-49(25-27-58(74)89)62(93)85-57(36-46-37-75-38-76-46)68(99)81-53(31-40(3)4)65(96)84-56(35-44-18-12-9-13-19-44)67(98)79-51(71(102)103)20-14-15-29-72/h8-13,16-19,21-24,37-42,48-57,60,87-88H,14-15,20,25-36,72-73H2,1-7H3,(H2,74,89)(H,75,76)(H,77,97)(H,78,101)(H,79,98)(H,80,92)(H,81,99)(H,82,95)(H,83,94)(H,84,96)(H,85,93)(H,86,100)(H,90,91)(H,102,103)/t42-,48+,49+,50+,51+,52+,53+,54+,55+,56+,57+,60+/m1/s1. The molecule has 12 atom stereocenters. The molecule has 1 heterocycles. The van der Waals surface area contributed by atoms with Gasteiger partial charge in [0.25, 0.3) is 0 Å². The van der Waals surface area contributed by atoms with Gasteiger partial charge in [0.1, 0.15) is 66.2 Å². The van der Waals surface area contributed by atoms with Gasteiger partial charge in [-0.05, 0) is 118 Å². The summed E-state index contributed by atoms with van der Waals surface area (Å²) in [4.78, 5) is 187. The number of phenols is 1. The molecule has 0 aliphatic carbocycles. The van der Waals surface area contributed by atoms with Crippen molar-refractivity contribution in [1.29, 1.82) is 0 Å². The van der Waals surface area contributed by atoms with E-state index in [1.54, 1.807) is 114 Å². The Bertz CT molecular complexity index is 3430. The van der Waals surface area contributed by atoms with Gasteiger partial charge in [-0.1, -0.05) is 114 Å². The Morgan fingerprint density at radius 3 is 1.22 bits per heavy atom. The summed E-state index contributed by atoms with van der Waals surface area (Å²) in [7, 11) is 0. The number of aliphatic carboxylic acids is 2. The maximum Gasteiger partial charge on any atom is 0.326 e. The van der Waals surface area contributed by atoms with Crippen molar-refractivity contribution in [3.05, 3.63) is 120 Å². The molecule has 0 bridgehead atoms. The van der Waals surface area contributed by atoms with E-state index in [9.17, 15) is 82.8 Å². The summed E-state index contributed by atoms with van der Waals surface area (Å²) >= 11 is 0. The van der Waals surface area contributed by atoms with Crippen LogP contribution < -0.4 is 70.4 Å². The Balaban J connectivity index is 1.63. The van der Waals surface area contributed by atoms with Gasteiger partial charge in [-0.15, -0.1) is 0 Å². The number of phenolic OH excluding ortho intramolecular Hbond substituents is 1. The van der Waals surface area contributed by atoms with E-state index in [0.29, 0.717) is 41.8 Å². The lowest BCUT2D eigenvalue weighted by atomic mass is 9.99. The molecule has 0 saturated heterocycles. The molecule has 0 unspecified atom stereocenters. The van der Waals surface area contributed by atoms with Crippen molar-refractivity contribution in [2.24, 2.45) is 35.0 Å². The van der Waals surface area contributed by atoms with E-state index in [1.807, 2.05) is 0 Å². The first-order chi connectivity index (χ1) is 48.7. The highest BCUT2D eigenvalue weighted by Crippen LogP contribution is 2.17. The van der Waals surface area contributed by atoms with Gasteiger partial charge in [-0.2, -0.15) is 0 Å². The summed E-state index contributed by atoms with van der Waals surface area (Å²) in [6.07, 6.45) is -1.10. The van der Waals surface area contributed by atoms with Gasteiger partial charge in [0, 0.05) is 44.0 Å². The maximum atomic E-state index is 14.8. The number of aromatic amines is 1. The molecule has 1 aromatic heterocycles. The van der Waals surface area contributed by atoms with E-state index in [2.05, 4.69) is 63.1 Å². The van der Waals surface area contributed by atoms with Crippen LogP contribution in [0.4, 0.5) is 0 Å². The fraction of sp³-hybridized carbons (Fsp3) is 0.521. The van der Waals surface area contributed by atoms with Crippen LogP contribution >= 0.6 is 0 Å². The summed E-state index contributed by atoms with van der Waals surface area (Å²) in [5, 5.41) is 66.3.